The van der Waals surface area contributed by atoms with Crippen LogP contribution in [0, 0.1) is 0 Å². The Morgan fingerprint density at radius 2 is 2.05 bits per heavy atom. The fourth-order valence-electron chi connectivity index (χ4n) is 1.87. The van der Waals surface area contributed by atoms with Crippen molar-refractivity contribution in [3.05, 3.63) is 43.5 Å². The van der Waals surface area contributed by atoms with Crippen molar-refractivity contribution in [2.24, 2.45) is 5.73 Å². The second-order valence-corrected chi connectivity index (χ2v) is 6.08. The summed E-state index contributed by atoms with van der Waals surface area (Å²) in [5.74, 6) is 1.46. The summed E-state index contributed by atoms with van der Waals surface area (Å²) in [6.07, 6.45) is 0. The van der Waals surface area contributed by atoms with E-state index in [4.69, 9.17) is 26.8 Å². The summed E-state index contributed by atoms with van der Waals surface area (Å²) < 4.78 is 11.5. The molecule has 1 heterocycles. The van der Waals surface area contributed by atoms with E-state index in [0.29, 0.717) is 10.8 Å². The third-order valence-electron chi connectivity index (χ3n) is 2.74. The highest BCUT2D eigenvalue weighted by atomic mass is 79.9. The fourth-order valence-corrected chi connectivity index (χ4v) is 3.75. The van der Waals surface area contributed by atoms with Gasteiger partial charge in [-0.15, -0.1) is 11.3 Å². The Balaban J connectivity index is 2.52. The largest absolute Gasteiger partial charge is 0.496 e. The molecule has 0 radical (unpaired) electrons. The molecule has 0 aliphatic rings. The Hall–Kier alpha value is -0.750. The van der Waals surface area contributed by atoms with Gasteiger partial charge < -0.3 is 15.2 Å². The average molecular weight is 363 g/mol. The Kier molecular flexibility index (Phi) is 4.73. The van der Waals surface area contributed by atoms with Crippen LogP contribution in [0.4, 0.5) is 0 Å². The maximum absolute atomic E-state index is 6.32. The van der Waals surface area contributed by atoms with Gasteiger partial charge in [0.25, 0.3) is 0 Å². The van der Waals surface area contributed by atoms with E-state index in [1.807, 2.05) is 17.5 Å². The standard InChI is InChI=1S/C13H13BrClNO2S/c1-17-10-3-4-19-13(10)11(16)8-5-7(15)6-9(14)12(8)18-2/h3-6,11H,16H2,1-2H3. The molecule has 1 unspecified atom stereocenters. The number of halogens is 2. The molecule has 0 amide bonds. The van der Waals surface area contributed by atoms with E-state index in [0.717, 1.165) is 20.7 Å². The Morgan fingerprint density at radius 3 is 2.68 bits per heavy atom. The van der Waals surface area contributed by atoms with Crippen LogP contribution >= 0.6 is 38.9 Å². The van der Waals surface area contributed by atoms with Gasteiger partial charge in [0.1, 0.15) is 11.5 Å². The van der Waals surface area contributed by atoms with Gasteiger partial charge in [0.2, 0.25) is 0 Å². The molecule has 0 aliphatic carbocycles. The zero-order valence-corrected chi connectivity index (χ0v) is 13.6. The van der Waals surface area contributed by atoms with Crippen molar-refractivity contribution in [1.29, 1.82) is 0 Å². The molecule has 2 aromatic rings. The molecule has 19 heavy (non-hydrogen) atoms. The third-order valence-corrected chi connectivity index (χ3v) is 4.52. The van der Waals surface area contributed by atoms with Crippen LogP contribution in [0.5, 0.6) is 11.5 Å². The van der Waals surface area contributed by atoms with E-state index < -0.39 is 0 Å². The van der Waals surface area contributed by atoms with E-state index in [1.54, 1.807) is 31.6 Å². The van der Waals surface area contributed by atoms with Gasteiger partial charge in [-0.25, -0.2) is 0 Å². The quantitative estimate of drug-likeness (QED) is 0.885. The SMILES string of the molecule is COc1ccsc1C(N)c1cc(Cl)cc(Br)c1OC. The number of ether oxygens (including phenoxy) is 2. The van der Waals surface area contributed by atoms with Gasteiger partial charge >= 0.3 is 0 Å². The topological polar surface area (TPSA) is 44.5 Å². The number of thiophene rings is 1. The van der Waals surface area contributed by atoms with Crippen molar-refractivity contribution < 1.29 is 9.47 Å². The van der Waals surface area contributed by atoms with Crippen molar-refractivity contribution in [3.63, 3.8) is 0 Å². The number of hydrogen-bond acceptors (Lipinski definition) is 4. The number of hydrogen-bond donors (Lipinski definition) is 1. The third kappa shape index (κ3) is 2.89. The highest BCUT2D eigenvalue weighted by molar-refractivity contribution is 9.10. The first-order valence-corrected chi connectivity index (χ1v) is 7.53. The minimum Gasteiger partial charge on any atom is -0.496 e. The number of benzene rings is 1. The second kappa shape index (κ2) is 6.13. The van der Waals surface area contributed by atoms with Gasteiger partial charge in [0.15, 0.2) is 0 Å². The summed E-state index contributed by atoms with van der Waals surface area (Å²) in [4.78, 5) is 0.940. The lowest BCUT2D eigenvalue weighted by Gasteiger charge is -2.17. The van der Waals surface area contributed by atoms with Crippen molar-refractivity contribution in [2.45, 2.75) is 6.04 Å². The molecular formula is C13H13BrClNO2S. The molecular weight excluding hydrogens is 350 g/mol. The van der Waals surface area contributed by atoms with E-state index in [-0.39, 0.29) is 6.04 Å². The summed E-state index contributed by atoms with van der Waals surface area (Å²) in [5.41, 5.74) is 7.14. The lowest BCUT2D eigenvalue weighted by atomic mass is 10.0. The average Bonchev–Trinajstić information content (AvgIpc) is 2.85. The van der Waals surface area contributed by atoms with Gasteiger partial charge in [-0.05, 0) is 39.5 Å². The van der Waals surface area contributed by atoms with Gasteiger partial charge in [-0.3, -0.25) is 0 Å². The minimum atomic E-state index is -0.347. The molecule has 0 spiro atoms. The molecule has 0 saturated carbocycles. The first kappa shape index (κ1) is 14.7. The molecule has 1 aromatic carbocycles. The fraction of sp³-hybridized carbons (Fsp3) is 0.231. The maximum Gasteiger partial charge on any atom is 0.138 e. The molecule has 0 aliphatic heterocycles. The summed E-state index contributed by atoms with van der Waals surface area (Å²) >= 11 is 11.1. The molecule has 0 fully saturated rings. The summed E-state index contributed by atoms with van der Waals surface area (Å²) in [6.45, 7) is 0. The van der Waals surface area contributed by atoms with Gasteiger partial charge in [0.05, 0.1) is 29.6 Å². The zero-order valence-electron chi connectivity index (χ0n) is 10.4. The van der Waals surface area contributed by atoms with Crippen molar-refractivity contribution >= 4 is 38.9 Å². The molecule has 6 heteroatoms. The van der Waals surface area contributed by atoms with Gasteiger partial charge in [0, 0.05) is 10.6 Å². The van der Waals surface area contributed by atoms with Crippen LogP contribution in [0.2, 0.25) is 5.02 Å². The second-order valence-electron chi connectivity index (χ2n) is 3.84. The van der Waals surface area contributed by atoms with Crippen LogP contribution in [0.1, 0.15) is 16.5 Å². The van der Waals surface area contributed by atoms with Crippen molar-refractivity contribution in [3.8, 4) is 11.5 Å². The summed E-state index contributed by atoms with van der Waals surface area (Å²) in [5, 5.41) is 2.55. The molecule has 2 rings (SSSR count). The molecule has 0 saturated heterocycles. The molecule has 2 N–H and O–H groups in total. The van der Waals surface area contributed by atoms with Gasteiger partial charge in [-0.1, -0.05) is 11.6 Å². The normalized spacial score (nSPS) is 12.3. The summed E-state index contributed by atoms with van der Waals surface area (Å²) in [6, 6.07) is 5.14. The van der Waals surface area contributed by atoms with E-state index in [2.05, 4.69) is 15.9 Å². The van der Waals surface area contributed by atoms with Crippen LogP contribution < -0.4 is 15.2 Å². The molecule has 1 atom stereocenters. The van der Waals surface area contributed by atoms with Crippen molar-refractivity contribution in [2.75, 3.05) is 14.2 Å². The molecule has 3 nitrogen and oxygen atoms in total. The smallest absolute Gasteiger partial charge is 0.138 e. The van der Waals surface area contributed by atoms with E-state index in [9.17, 15) is 0 Å². The number of methoxy groups -OCH3 is 2. The highest BCUT2D eigenvalue weighted by Gasteiger charge is 2.21. The maximum atomic E-state index is 6.32. The van der Waals surface area contributed by atoms with Crippen molar-refractivity contribution in [1.82, 2.24) is 0 Å². The van der Waals surface area contributed by atoms with E-state index >= 15 is 0 Å². The monoisotopic (exact) mass is 361 g/mol. The Bertz CT molecular complexity index is 588. The first-order valence-electron chi connectivity index (χ1n) is 5.48. The minimum absolute atomic E-state index is 0.347. The molecule has 1 aromatic heterocycles. The van der Waals surface area contributed by atoms with Crippen LogP contribution in [0.25, 0.3) is 0 Å². The Morgan fingerprint density at radius 1 is 1.32 bits per heavy atom. The first-order chi connectivity index (χ1) is 9.08. The zero-order chi connectivity index (χ0) is 14.0. The lowest BCUT2D eigenvalue weighted by Crippen LogP contribution is -2.13. The van der Waals surface area contributed by atoms with Crippen LogP contribution in [-0.4, -0.2) is 14.2 Å². The molecule has 102 valence electrons. The number of rotatable bonds is 4. The predicted octanol–water partition coefficient (Wildman–Crippen LogP) is 4.23. The van der Waals surface area contributed by atoms with Crippen LogP contribution in [0.15, 0.2) is 28.1 Å². The predicted molar refractivity (Wildman–Crippen MR) is 82.6 cm³/mol. The van der Waals surface area contributed by atoms with Gasteiger partial charge in [-0.2, -0.15) is 0 Å². The Labute approximate surface area is 129 Å². The van der Waals surface area contributed by atoms with Crippen LogP contribution in [0.3, 0.4) is 0 Å². The molecule has 0 bridgehead atoms. The highest BCUT2D eigenvalue weighted by Crippen LogP contribution is 2.41. The van der Waals surface area contributed by atoms with E-state index in [1.165, 1.54) is 0 Å². The lowest BCUT2D eigenvalue weighted by molar-refractivity contribution is 0.400. The summed E-state index contributed by atoms with van der Waals surface area (Å²) in [7, 11) is 3.24. The van der Waals surface area contributed by atoms with Crippen LogP contribution in [-0.2, 0) is 0 Å². The number of nitrogens with two attached hydrogens (primary N) is 1.